The van der Waals surface area contributed by atoms with Gasteiger partial charge in [0, 0.05) is 19.6 Å². The van der Waals surface area contributed by atoms with Crippen molar-refractivity contribution in [3.05, 3.63) is 95.2 Å². The molecule has 0 spiro atoms. The number of amides is 3. The summed E-state index contributed by atoms with van der Waals surface area (Å²) in [6.07, 6.45) is -0.0499. The smallest absolute Gasteiger partial charge is 0.283 e. The maximum atomic E-state index is 13.4. The van der Waals surface area contributed by atoms with Crippen LogP contribution in [-0.4, -0.2) is 60.2 Å². The lowest BCUT2D eigenvalue weighted by atomic mass is 9.95. The highest BCUT2D eigenvalue weighted by Crippen LogP contribution is 2.41. The molecule has 2 heterocycles. The number of hydrogen-bond acceptors (Lipinski definition) is 8. The third-order valence-corrected chi connectivity index (χ3v) is 8.41. The summed E-state index contributed by atoms with van der Waals surface area (Å²) in [4.78, 5) is 40.5. The Balaban J connectivity index is 1.67. The van der Waals surface area contributed by atoms with Crippen molar-refractivity contribution in [2.75, 3.05) is 14.2 Å². The Morgan fingerprint density at radius 1 is 0.974 bits per heavy atom. The van der Waals surface area contributed by atoms with E-state index in [2.05, 4.69) is 5.10 Å². The van der Waals surface area contributed by atoms with E-state index in [0.29, 0.717) is 10.3 Å². The number of carbonyl (C=O) groups is 3. The first-order chi connectivity index (χ1) is 18.6. The summed E-state index contributed by atoms with van der Waals surface area (Å²) in [5, 5.41) is 4.56. The lowest BCUT2D eigenvalue weighted by Crippen LogP contribution is -2.64. The molecule has 3 aromatic carbocycles. The predicted octanol–water partition coefficient (Wildman–Crippen LogP) is 2.39. The summed E-state index contributed by atoms with van der Waals surface area (Å²) in [5.41, 5.74) is 4.84. The van der Waals surface area contributed by atoms with Gasteiger partial charge in [-0.1, -0.05) is 42.0 Å². The van der Waals surface area contributed by atoms with Gasteiger partial charge in [0.15, 0.2) is 0 Å². The molecule has 200 valence electrons. The number of hydrogen-bond donors (Lipinski definition) is 1. The fourth-order valence-electron chi connectivity index (χ4n) is 4.85. The van der Waals surface area contributed by atoms with E-state index in [1.807, 2.05) is 6.92 Å². The van der Waals surface area contributed by atoms with Crippen molar-refractivity contribution in [3.8, 4) is 0 Å². The highest BCUT2D eigenvalue weighted by molar-refractivity contribution is 7.90. The second kappa shape index (κ2) is 9.42. The van der Waals surface area contributed by atoms with Crippen LogP contribution in [0.15, 0.2) is 77.8 Å². The van der Waals surface area contributed by atoms with Gasteiger partial charge in [-0.25, -0.2) is 4.90 Å². The summed E-state index contributed by atoms with van der Waals surface area (Å²) in [6, 6.07) is 17.0. The predicted molar refractivity (Wildman–Crippen MR) is 139 cm³/mol. The second-order valence-corrected chi connectivity index (χ2v) is 10.8. The minimum Gasteiger partial charge on any atom is -0.371 e. The van der Waals surface area contributed by atoms with Gasteiger partial charge in [0.2, 0.25) is 0 Å². The van der Waals surface area contributed by atoms with Crippen LogP contribution in [-0.2, 0) is 24.3 Å². The van der Waals surface area contributed by atoms with Gasteiger partial charge in [-0.15, -0.1) is 0 Å². The molecule has 3 amide bonds. The van der Waals surface area contributed by atoms with Crippen LogP contribution in [0.25, 0.3) is 10.9 Å². The van der Waals surface area contributed by atoms with Gasteiger partial charge >= 0.3 is 0 Å². The summed E-state index contributed by atoms with van der Waals surface area (Å²) in [7, 11) is -1.71. The third-order valence-electron chi connectivity index (χ3n) is 6.79. The SMILES string of the molecule is COC(c1ccc2cnn(S(=O)(=O)c3ccc(C)cc3)c2c1)[C@](OC)(C(N)=O)N1C(=O)c2ccccc2C1=O. The topological polar surface area (TPSA) is 151 Å². The number of aromatic nitrogens is 2. The van der Waals surface area contributed by atoms with E-state index in [9.17, 15) is 22.8 Å². The molecule has 39 heavy (non-hydrogen) atoms. The van der Waals surface area contributed by atoms with Crippen molar-refractivity contribution in [2.24, 2.45) is 5.73 Å². The maximum Gasteiger partial charge on any atom is 0.283 e. The molecule has 4 aromatic rings. The van der Waals surface area contributed by atoms with Crippen LogP contribution in [0, 0.1) is 6.92 Å². The van der Waals surface area contributed by atoms with Gasteiger partial charge in [0.25, 0.3) is 33.5 Å². The number of aryl methyl sites for hydroxylation is 1. The van der Waals surface area contributed by atoms with Crippen molar-refractivity contribution in [1.29, 1.82) is 0 Å². The van der Waals surface area contributed by atoms with E-state index in [4.69, 9.17) is 15.2 Å². The van der Waals surface area contributed by atoms with Crippen LogP contribution >= 0.6 is 0 Å². The molecule has 0 bridgehead atoms. The van der Waals surface area contributed by atoms with E-state index in [-0.39, 0.29) is 27.1 Å². The molecule has 1 aromatic heterocycles. The molecule has 0 saturated heterocycles. The Morgan fingerprint density at radius 2 is 1.59 bits per heavy atom. The van der Waals surface area contributed by atoms with E-state index in [1.165, 1.54) is 43.6 Å². The molecule has 0 fully saturated rings. The fourth-order valence-corrected chi connectivity index (χ4v) is 6.11. The molecule has 5 rings (SSSR count). The van der Waals surface area contributed by atoms with Crippen LogP contribution < -0.4 is 5.73 Å². The van der Waals surface area contributed by atoms with Crippen LogP contribution in [0.4, 0.5) is 0 Å². The Hall–Kier alpha value is -4.39. The molecule has 1 unspecified atom stereocenters. The normalized spacial score (nSPS) is 15.8. The Bertz CT molecular complexity index is 1710. The Morgan fingerprint density at radius 3 is 2.13 bits per heavy atom. The standard InChI is InChI=1S/C27H24N4O7S/c1-16-8-12-19(13-9-16)39(35,36)31-22-14-17(10-11-18(22)15-29-31)23(37-2)27(38-3,26(28)34)30-24(32)20-6-4-5-7-21(20)25(30)33/h4-15,23H,1-3H3,(H2,28,34)/t23?,27-/m0/s1. The molecule has 12 heteroatoms. The molecule has 1 aliphatic rings. The number of benzene rings is 3. The minimum atomic E-state index is -4.09. The fraction of sp³-hybridized carbons (Fsp3) is 0.185. The van der Waals surface area contributed by atoms with Gasteiger partial charge < -0.3 is 15.2 Å². The summed E-state index contributed by atoms with van der Waals surface area (Å²) in [5.74, 6) is -2.73. The number of primary amides is 1. The van der Waals surface area contributed by atoms with Crippen molar-refractivity contribution < 1.29 is 32.3 Å². The number of carbonyl (C=O) groups excluding carboxylic acids is 3. The van der Waals surface area contributed by atoms with Crippen molar-refractivity contribution in [3.63, 3.8) is 0 Å². The van der Waals surface area contributed by atoms with E-state index in [1.54, 1.807) is 36.4 Å². The molecule has 0 saturated carbocycles. The minimum absolute atomic E-state index is 0.0289. The van der Waals surface area contributed by atoms with Crippen LogP contribution in [0.3, 0.4) is 0 Å². The molecule has 0 aliphatic carbocycles. The van der Waals surface area contributed by atoms with Crippen molar-refractivity contribution in [2.45, 2.75) is 23.6 Å². The lowest BCUT2D eigenvalue weighted by molar-refractivity contribution is -0.189. The second-order valence-electron chi connectivity index (χ2n) is 9.00. The van der Waals surface area contributed by atoms with Gasteiger partial charge in [-0.2, -0.15) is 17.6 Å². The molecular formula is C27H24N4O7S. The Kier molecular flexibility index (Phi) is 6.33. The number of imide groups is 1. The first kappa shape index (κ1) is 26.2. The van der Waals surface area contributed by atoms with Gasteiger partial charge in [0.05, 0.1) is 27.7 Å². The van der Waals surface area contributed by atoms with Crippen LogP contribution in [0.2, 0.25) is 0 Å². The monoisotopic (exact) mass is 548 g/mol. The summed E-state index contributed by atoms with van der Waals surface area (Å²) >= 11 is 0. The van der Waals surface area contributed by atoms with Crippen molar-refractivity contribution in [1.82, 2.24) is 14.1 Å². The van der Waals surface area contributed by atoms with Crippen LogP contribution in [0.5, 0.6) is 0 Å². The van der Waals surface area contributed by atoms with Crippen molar-refractivity contribution >= 4 is 38.6 Å². The van der Waals surface area contributed by atoms with Gasteiger partial charge in [0.1, 0.15) is 6.10 Å². The molecule has 2 N–H and O–H groups in total. The number of nitrogens with zero attached hydrogens (tertiary/aromatic N) is 3. The Labute approximate surface area is 223 Å². The number of rotatable bonds is 8. The highest BCUT2D eigenvalue weighted by Gasteiger charge is 2.59. The van der Waals surface area contributed by atoms with E-state index >= 15 is 0 Å². The molecule has 2 atom stereocenters. The summed E-state index contributed by atoms with van der Waals surface area (Å²) < 4.78 is 39.0. The van der Waals surface area contributed by atoms with E-state index < -0.39 is 39.6 Å². The number of fused-ring (bicyclic) bond motifs is 2. The average molecular weight is 549 g/mol. The average Bonchev–Trinajstić information content (AvgIpc) is 3.47. The molecule has 0 radical (unpaired) electrons. The zero-order valence-electron chi connectivity index (χ0n) is 21.2. The van der Waals surface area contributed by atoms with Gasteiger partial charge in [-0.05, 0) is 42.8 Å². The molecular weight excluding hydrogens is 524 g/mol. The first-order valence-corrected chi connectivity index (χ1v) is 13.2. The van der Waals surface area contributed by atoms with E-state index in [0.717, 1.165) is 16.8 Å². The molecule has 1 aliphatic heterocycles. The number of ether oxygens (including phenoxy) is 2. The maximum absolute atomic E-state index is 13.4. The van der Waals surface area contributed by atoms with Gasteiger partial charge in [-0.3, -0.25) is 14.4 Å². The first-order valence-electron chi connectivity index (χ1n) is 11.7. The lowest BCUT2D eigenvalue weighted by Gasteiger charge is -2.41. The third kappa shape index (κ3) is 3.83. The zero-order valence-corrected chi connectivity index (χ0v) is 22.0. The van der Waals surface area contributed by atoms with Crippen LogP contribution in [0.1, 0.15) is 37.9 Å². The molecule has 11 nitrogen and oxygen atoms in total. The number of nitrogens with two attached hydrogens (primary N) is 1. The zero-order chi connectivity index (χ0) is 28.1. The number of methoxy groups -OCH3 is 2. The highest BCUT2D eigenvalue weighted by atomic mass is 32.2. The summed E-state index contributed by atoms with van der Waals surface area (Å²) in [6.45, 7) is 1.84. The quantitative estimate of drug-likeness (QED) is 0.330. The largest absolute Gasteiger partial charge is 0.371 e.